The van der Waals surface area contributed by atoms with E-state index in [1.165, 1.54) is 18.3 Å². The molecule has 254 valence electrons. The summed E-state index contributed by atoms with van der Waals surface area (Å²) in [6, 6.07) is 10.9. The predicted octanol–water partition coefficient (Wildman–Crippen LogP) is 6.55. The number of alkyl halides is 4. The van der Waals surface area contributed by atoms with Gasteiger partial charge >= 0.3 is 0 Å². The molecule has 3 atom stereocenters. The zero-order valence-corrected chi connectivity index (χ0v) is 26.4. The first-order valence-electron chi connectivity index (χ1n) is 15.4. The van der Waals surface area contributed by atoms with Gasteiger partial charge in [-0.3, -0.25) is 14.5 Å². The number of carbonyl (C=O) groups excluding carboxylic acids is 1. The summed E-state index contributed by atoms with van der Waals surface area (Å²) >= 11 is 0. The van der Waals surface area contributed by atoms with Crippen molar-refractivity contribution in [3.63, 3.8) is 0 Å². The molecule has 6 rings (SSSR count). The molecule has 48 heavy (non-hydrogen) atoms. The average Bonchev–Trinajstić information content (AvgIpc) is 3.69. The van der Waals surface area contributed by atoms with Crippen LogP contribution in [0, 0.1) is 17.6 Å². The topological polar surface area (TPSA) is 106 Å². The summed E-state index contributed by atoms with van der Waals surface area (Å²) in [6.45, 7) is 1.39. The standard InChI is InChI=1S/C33H31F6N5O3S/c1-2-3-11-41-48(46,47)22-8-6-19(7-9-22)23-5-4-10-40-29(23)26(14-18-12-20(34)15-21(35)13-18)42-27(45)17-44-31-28(30(43-44)32(36)37)24-16-25(24)33(31,38)39/h4-10,12-13,15,24-26,32,41H,2-3,11,14,16-17H2,1H3,(H,42,45)/t24?,25?,26-/m0/s1. The fourth-order valence-corrected chi connectivity index (χ4v) is 7.43. The number of unbranched alkanes of at least 4 members (excludes halogenated alkanes) is 1. The van der Waals surface area contributed by atoms with Gasteiger partial charge in [0.1, 0.15) is 29.6 Å². The van der Waals surface area contributed by atoms with Crippen LogP contribution in [0.2, 0.25) is 0 Å². The van der Waals surface area contributed by atoms with E-state index in [-0.39, 0.29) is 41.1 Å². The maximum Gasteiger partial charge on any atom is 0.293 e. The van der Waals surface area contributed by atoms with E-state index in [9.17, 15) is 30.8 Å². The smallest absolute Gasteiger partial charge is 0.293 e. The Balaban J connectivity index is 1.32. The number of hydrogen-bond donors (Lipinski definition) is 2. The summed E-state index contributed by atoms with van der Waals surface area (Å²) in [5.41, 5.74) is -0.381. The fraction of sp³-hybridized carbons (Fsp3) is 0.364. The molecule has 0 bridgehead atoms. The van der Waals surface area contributed by atoms with Crippen LogP contribution in [0.15, 0.2) is 65.7 Å². The highest BCUT2D eigenvalue weighted by Gasteiger charge is 2.67. The normalized spacial score (nSPS) is 18.4. The van der Waals surface area contributed by atoms with E-state index in [1.807, 2.05) is 6.92 Å². The number of halogens is 6. The van der Waals surface area contributed by atoms with E-state index in [2.05, 4.69) is 20.1 Å². The third-order valence-electron chi connectivity index (χ3n) is 8.62. The molecule has 1 saturated carbocycles. The molecule has 1 amide bonds. The van der Waals surface area contributed by atoms with Gasteiger partial charge in [-0.05, 0) is 66.6 Å². The SMILES string of the molecule is CCCCNS(=O)(=O)c1ccc(-c2cccnc2[C@H](Cc2cc(F)cc(F)c2)NC(=O)Cn2nc(C(F)F)c3c2C(F)(F)C2CC32)cc1. The van der Waals surface area contributed by atoms with Gasteiger partial charge in [-0.25, -0.2) is 30.7 Å². The minimum Gasteiger partial charge on any atom is -0.346 e. The highest BCUT2D eigenvalue weighted by atomic mass is 32.2. The Morgan fingerprint density at radius 1 is 1.06 bits per heavy atom. The molecular weight excluding hydrogens is 660 g/mol. The third kappa shape index (κ3) is 6.57. The van der Waals surface area contributed by atoms with Crippen LogP contribution in [-0.4, -0.2) is 35.6 Å². The van der Waals surface area contributed by atoms with E-state index >= 15 is 8.78 Å². The Morgan fingerprint density at radius 3 is 2.44 bits per heavy atom. The third-order valence-corrected chi connectivity index (χ3v) is 10.1. The molecule has 15 heteroatoms. The van der Waals surface area contributed by atoms with Crippen LogP contribution in [-0.2, 0) is 33.7 Å². The van der Waals surface area contributed by atoms with E-state index in [0.29, 0.717) is 28.3 Å². The molecule has 2 aromatic carbocycles. The average molecular weight is 692 g/mol. The van der Waals surface area contributed by atoms with Gasteiger partial charge in [0.05, 0.1) is 16.6 Å². The summed E-state index contributed by atoms with van der Waals surface area (Å²) in [6.07, 6.45) is -0.355. The monoisotopic (exact) mass is 691 g/mol. The lowest BCUT2D eigenvalue weighted by Crippen LogP contribution is -2.35. The van der Waals surface area contributed by atoms with Crippen LogP contribution in [0.3, 0.4) is 0 Å². The summed E-state index contributed by atoms with van der Waals surface area (Å²) < 4.78 is 115. The van der Waals surface area contributed by atoms with Crippen molar-refractivity contribution in [2.75, 3.05) is 6.54 Å². The van der Waals surface area contributed by atoms with Gasteiger partial charge < -0.3 is 5.32 Å². The van der Waals surface area contributed by atoms with E-state index in [1.54, 1.807) is 24.3 Å². The first kappa shape index (κ1) is 33.7. The molecule has 2 aromatic heterocycles. The molecule has 2 N–H and O–H groups in total. The minimum atomic E-state index is -3.77. The van der Waals surface area contributed by atoms with Crippen molar-refractivity contribution in [1.82, 2.24) is 24.8 Å². The number of aromatic nitrogens is 3. The van der Waals surface area contributed by atoms with Crippen LogP contribution >= 0.6 is 0 Å². The van der Waals surface area contributed by atoms with E-state index < -0.39 is 75.7 Å². The molecule has 0 saturated heterocycles. The number of pyridine rings is 1. The summed E-state index contributed by atoms with van der Waals surface area (Å²) in [5, 5.41) is 6.38. The summed E-state index contributed by atoms with van der Waals surface area (Å²) in [7, 11) is -3.77. The molecule has 0 aliphatic heterocycles. The Morgan fingerprint density at radius 2 is 1.77 bits per heavy atom. The number of fused-ring (bicyclic) bond motifs is 3. The number of benzene rings is 2. The second-order valence-corrected chi connectivity index (χ2v) is 13.8. The Hall–Kier alpha value is -4.24. The first-order chi connectivity index (χ1) is 22.8. The van der Waals surface area contributed by atoms with Gasteiger partial charge in [0.2, 0.25) is 15.9 Å². The number of hydrogen-bond acceptors (Lipinski definition) is 5. The Labute approximate surface area is 272 Å². The van der Waals surface area contributed by atoms with Crippen LogP contribution in [0.25, 0.3) is 11.1 Å². The maximum absolute atomic E-state index is 15.1. The van der Waals surface area contributed by atoms with Crippen molar-refractivity contribution in [3.05, 3.63) is 101 Å². The molecule has 8 nitrogen and oxygen atoms in total. The lowest BCUT2D eigenvalue weighted by molar-refractivity contribution is -0.123. The summed E-state index contributed by atoms with van der Waals surface area (Å²) in [4.78, 5) is 17.9. The van der Waals surface area contributed by atoms with E-state index in [4.69, 9.17) is 0 Å². The zero-order chi connectivity index (χ0) is 34.4. The molecule has 0 radical (unpaired) electrons. The van der Waals surface area contributed by atoms with Gasteiger partial charge in [-0.1, -0.05) is 31.5 Å². The van der Waals surface area contributed by atoms with Crippen molar-refractivity contribution in [2.24, 2.45) is 5.92 Å². The molecule has 0 spiro atoms. The van der Waals surface area contributed by atoms with Gasteiger partial charge in [-0.15, -0.1) is 0 Å². The Kier molecular flexibility index (Phi) is 9.11. The number of nitrogens with one attached hydrogen (secondary N) is 2. The first-order valence-corrected chi connectivity index (χ1v) is 16.8. The Bertz CT molecular complexity index is 1930. The number of sulfonamides is 1. The number of nitrogens with zero attached hydrogens (tertiary/aromatic N) is 3. The van der Waals surface area contributed by atoms with Crippen molar-refractivity contribution in [1.29, 1.82) is 0 Å². The molecule has 4 aromatic rings. The minimum absolute atomic E-state index is 0.0252. The van der Waals surface area contributed by atoms with Crippen LogP contribution in [0.1, 0.15) is 72.8 Å². The lowest BCUT2D eigenvalue weighted by Gasteiger charge is -2.22. The van der Waals surface area contributed by atoms with Crippen LogP contribution < -0.4 is 10.0 Å². The maximum atomic E-state index is 15.1. The van der Waals surface area contributed by atoms with Crippen LogP contribution in [0.4, 0.5) is 26.3 Å². The second kappa shape index (κ2) is 13.0. The van der Waals surface area contributed by atoms with Crippen molar-refractivity contribution in [2.45, 2.75) is 68.4 Å². The van der Waals surface area contributed by atoms with Gasteiger partial charge in [0.15, 0.2) is 0 Å². The highest BCUT2D eigenvalue weighted by molar-refractivity contribution is 7.89. The predicted molar refractivity (Wildman–Crippen MR) is 163 cm³/mol. The van der Waals surface area contributed by atoms with Crippen molar-refractivity contribution in [3.8, 4) is 11.1 Å². The number of carbonyl (C=O) groups is 1. The zero-order valence-electron chi connectivity index (χ0n) is 25.6. The summed E-state index contributed by atoms with van der Waals surface area (Å²) in [5.74, 6) is -7.90. The van der Waals surface area contributed by atoms with Gasteiger partial charge in [0.25, 0.3) is 12.3 Å². The molecule has 2 aliphatic rings. The van der Waals surface area contributed by atoms with Gasteiger partial charge in [-0.2, -0.15) is 13.9 Å². The highest BCUT2D eigenvalue weighted by Crippen LogP contribution is 2.68. The molecule has 2 heterocycles. The molecular formula is C33H31F6N5O3S. The second-order valence-electron chi connectivity index (χ2n) is 12.0. The van der Waals surface area contributed by atoms with Crippen molar-refractivity contribution >= 4 is 15.9 Å². The lowest BCUT2D eigenvalue weighted by atomic mass is 9.95. The largest absolute Gasteiger partial charge is 0.346 e. The fourth-order valence-electron chi connectivity index (χ4n) is 6.35. The van der Waals surface area contributed by atoms with Crippen molar-refractivity contribution < 1.29 is 39.6 Å². The molecule has 2 unspecified atom stereocenters. The molecule has 2 aliphatic carbocycles. The quantitative estimate of drug-likeness (QED) is 0.122. The van der Waals surface area contributed by atoms with E-state index in [0.717, 1.165) is 18.6 Å². The number of amides is 1. The van der Waals surface area contributed by atoms with Gasteiger partial charge in [0, 0.05) is 35.9 Å². The number of rotatable bonds is 13. The molecule has 1 fully saturated rings. The van der Waals surface area contributed by atoms with Crippen LogP contribution in [0.5, 0.6) is 0 Å².